The highest BCUT2D eigenvalue weighted by molar-refractivity contribution is 5.80. The molecular formula is C13H25NO5. The first-order valence-electron chi connectivity index (χ1n) is 6.51. The van der Waals surface area contributed by atoms with Gasteiger partial charge in [0, 0.05) is 13.2 Å². The molecule has 0 heterocycles. The van der Waals surface area contributed by atoms with E-state index in [1.807, 2.05) is 6.92 Å². The molecule has 0 bridgehead atoms. The van der Waals surface area contributed by atoms with E-state index in [-0.39, 0.29) is 5.91 Å². The predicted octanol–water partition coefficient (Wildman–Crippen LogP) is 1.05. The molecule has 0 aliphatic heterocycles. The highest BCUT2D eigenvalue weighted by Gasteiger charge is 2.26. The van der Waals surface area contributed by atoms with Crippen molar-refractivity contribution in [1.29, 1.82) is 0 Å². The summed E-state index contributed by atoms with van der Waals surface area (Å²) in [6, 6.07) is 0. The number of aliphatic carboxylic acids is 1. The SMILES string of the molecule is CCOCCOC(C)C(=O)NCCC(C)(C)C(=O)O. The fourth-order valence-corrected chi connectivity index (χ4v) is 1.25. The van der Waals surface area contributed by atoms with E-state index in [1.54, 1.807) is 20.8 Å². The maximum absolute atomic E-state index is 11.6. The van der Waals surface area contributed by atoms with Gasteiger partial charge in [-0.1, -0.05) is 0 Å². The van der Waals surface area contributed by atoms with Crippen LogP contribution in [0.25, 0.3) is 0 Å². The first-order chi connectivity index (χ1) is 8.81. The summed E-state index contributed by atoms with van der Waals surface area (Å²) in [5, 5.41) is 11.6. The molecule has 0 aromatic rings. The first-order valence-corrected chi connectivity index (χ1v) is 6.51. The fraction of sp³-hybridized carbons (Fsp3) is 0.846. The number of amides is 1. The molecule has 0 radical (unpaired) electrons. The summed E-state index contributed by atoms with van der Waals surface area (Å²) >= 11 is 0. The van der Waals surface area contributed by atoms with Crippen molar-refractivity contribution in [3.63, 3.8) is 0 Å². The molecule has 6 heteroatoms. The van der Waals surface area contributed by atoms with E-state index in [2.05, 4.69) is 5.32 Å². The summed E-state index contributed by atoms with van der Waals surface area (Å²) < 4.78 is 10.4. The highest BCUT2D eigenvalue weighted by atomic mass is 16.5. The van der Waals surface area contributed by atoms with Crippen LogP contribution in [0, 0.1) is 5.41 Å². The van der Waals surface area contributed by atoms with E-state index < -0.39 is 17.5 Å². The van der Waals surface area contributed by atoms with Gasteiger partial charge < -0.3 is 19.9 Å². The Bertz CT molecular complexity index is 291. The van der Waals surface area contributed by atoms with Gasteiger partial charge in [0.15, 0.2) is 0 Å². The molecule has 0 saturated heterocycles. The van der Waals surface area contributed by atoms with Crippen molar-refractivity contribution in [2.24, 2.45) is 5.41 Å². The fourth-order valence-electron chi connectivity index (χ4n) is 1.25. The van der Waals surface area contributed by atoms with E-state index in [0.717, 1.165) is 0 Å². The van der Waals surface area contributed by atoms with Crippen LogP contribution in [-0.4, -0.2) is 49.5 Å². The van der Waals surface area contributed by atoms with E-state index >= 15 is 0 Å². The lowest BCUT2D eigenvalue weighted by molar-refractivity contribution is -0.147. The van der Waals surface area contributed by atoms with E-state index in [9.17, 15) is 9.59 Å². The van der Waals surface area contributed by atoms with Gasteiger partial charge in [0.2, 0.25) is 5.91 Å². The summed E-state index contributed by atoms with van der Waals surface area (Å²) in [5.74, 6) is -1.11. The van der Waals surface area contributed by atoms with Gasteiger partial charge in [-0.05, 0) is 34.1 Å². The molecule has 0 saturated carbocycles. The van der Waals surface area contributed by atoms with E-state index in [1.165, 1.54) is 0 Å². The highest BCUT2D eigenvalue weighted by Crippen LogP contribution is 2.19. The number of rotatable bonds is 10. The quantitative estimate of drug-likeness (QED) is 0.582. The van der Waals surface area contributed by atoms with E-state index in [0.29, 0.717) is 32.8 Å². The van der Waals surface area contributed by atoms with Crippen molar-refractivity contribution in [1.82, 2.24) is 5.32 Å². The molecule has 1 unspecified atom stereocenters. The van der Waals surface area contributed by atoms with Crippen molar-refractivity contribution in [2.45, 2.75) is 40.2 Å². The monoisotopic (exact) mass is 275 g/mol. The standard InChI is InChI=1S/C13H25NO5/c1-5-18-8-9-19-10(2)11(15)14-7-6-13(3,4)12(16)17/h10H,5-9H2,1-4H3,(H,14,15)(H,16,17). The summed E-state index contributed by atoms with van der Waals surface area (Å²) in [6.45, 7) is 8.56. The van der Waals surface area contributed by atoms with E-state index in [4.69, 9.17) is 14.6 Å². The van der Waals surface area contributed by atoms with Gasteiger partial charge in [-0.15, -0.1) is 0 Å². The molecule has 0 aromatic heterocycles. The van der Waals surface area contributed by atoms with Crippen LogP contribution in [0.5, 0.6) is 0 Å². The molecule has 0 rings (SSSR count). The van der Waals surface area contributed by atoms with Gasteiger partial charge in [0.1, 0.15) is 6.10 Å². The van der Waals surface area contributed by atoms with Gasteiger partial charge in [-0.3, -0.25) is 9.59 Å². The molecule has 0 fully saturated rings. The third-order valence-corrected chi connectivity index (χ3v) is 2.80. The number of hydrogen-bond donors (Lipinski definition) is 2. The Labute approximate surface area is 114 Å². The van der Waals surface area contributed by atoms with Gasteiger partial charge in [0.05, 0.1) is 18.6 Å². The second-order valence-corrected chi connectivity index (χ2v) is 4.94. The summed E-state index contributed by atoms with van der Waals surface area (Å²) in [5.41, 5.74) is -0.841. The molecule has 2 N–H and O–H groups in total. The van der Waals surface area contributed by atoms with Crippen LogP contribution >= 0.6 is 0 Å². The zero-order chi connectivity index (χ0) is 14.9. The lowest BCUT2D eigenvalue weighted by Gasteiger charge is -2.20. The number of nitrogens with one attached hydrogen (secondary N) is 1. The molecular weight excluding hydrogens is 250 g/mol. The molecule has 19 heavy (non-hydrogen) atoms. The minimum atomic E-state index is -0.872. The Morgan fingerprint density at radius 1 is 1.32 bits per heavy atom. The minimum Gasteiger partial charge on any atom is -0.481 e. The number of carboxylic acids is 1. The second kappa shape index (κ2) is 8.87. The third kappa shape index (κ3) is 7.79. The van der Waals surface area contributed by atoms with Crippen LogP contribution < -0.4 is 5.32 Å². The lowest BCUT2D eigenvalue weighted by Crippen LogP contribution is -2.38. The van der Waals surface area contributed by atoms with Crippen molar-refractivity contribution < 1.29 is 24.2 Å². The maximum atomic E-state index is 11.6. The Morgan fingerprint density at radius 2 is 1.95 bits per heavy atom. The van der Waals surface area contributed by atoms with Crippen LogP contribution in [0.3, 0.4) is 0 Å². The van der Waals surface area contributed by atoms with Gasteiger partial charge in [-0.25, -0.2) is 0 Å². The number of ether oxygens (including phenoxy) is 2. The topological polar surface area (TPSA) is 84.9 Å². The first kappa shape index (κ1) is 17.9. The number of carboxylic acid groups (broad SMARTS) is 1. The molecule has 0 aromatic carbocycles. The Kier molecular flexibility index (Phi) is 8.34. The summed E-state index contributed by atoms with van der Waals surface area (Å²) in [6.07, 6.45) is -0.187. The number of carbonyl (C=O) groups excluding carboxylic acids is 1. The molecule has 0 aliphatic rings. The molecule has 112 valence electrons. The maximum Gasteiger partial charge on any atom is 0.309 e. The zero-order valence-corrected chi connectivity index (χ0v) is 12.2. The Hall–Kier alpha value is -1.14. The van der Waals surface area contributed by atoms with Crippen LogP contribution in [0.2, 0.25) is 0 Å². The Balaban J connectivity index is 3.82. The largest absolute Gasteiger partial charge is 0.481 e. The number of carbonyl (C=O) groups is 2. The van der Waals surface area contributed by atoms with Crippen molar-refractivity contribution in [2.75, 3.05) is 26.4 Å². The summed E-state index contributed by atoms with van der Waals surface area (Å²) in [4.78, 5) is 22.5. The molecule has 0 spiro atoms. The predicted molar refractivity (Wildman–Crippen MR) is 71.0 cm³/mol. The number of hydrogen-bond acceptors (Lipinski definition) is 4. The molecule has 6 nitrogen and oxygen atoms in total. The second-order valence-electron chi connectivity index (χ2n) is 4.94. The summed E-state index contributed by atoms with van der Waals surface area (Å²) in [7, 11) is 0. The van der Waals surface area contributed by atoms with Crippen LogP contribution in [-0.2, 0) is 19.1 Å². The van der Waals surface area contributed by atoms with Crippen LogP contribution in [0.15, 0.2) is 0 Å². The average Bonchev–Trinajstić information content (AvgIpc) is 2.33. The van der Waals surface area contributed by atoms with Gasteiger partial charge in [-0.2, -0.15) is 0 Å². The van der Waals surface area contributed by atoms with Crippen molar-refractivity contribution in [3.8, 4) is 0 Å². The minimum absolute atomic E-state index is 0.238. The van der Waals surface area contributed by atoms with Crippen LogP contribution in [0.1, 0.15) is 34.1 Å². The molecule has 0 aliphatic carbocycles. The third-order valence-electron chi connectivity index (χ3n) is 2.80. The molecule has 1 atom stereocenters. The zero-order valence-electron chi connectivity index (χ0n) is 12.2. The molecule has 1 amide bonds. The average molecular weight is 275 g/mol. The normalized spacial score (nSPS) is 13.1. The van der Waals surface area contributed by atoms with Gasteiger partial charge >= 0.3 is 5.97 Å². The van der Waals surface area contributed by atoms with Crippen molar-refractivity contribution >= 4 is 11.9 Å². The van der Waals surface area contributed by atoms with Gasteiger partial charge in [0.25, 0.3) is 0 Å². The van der Waals surface area contributed by atoms with Crippen molar-refractivity contribution in [3.05, 3.63) is 0 Å². The Morgan fingerprint density at radius 3 is 2.47 bits per heavy atom. The van der Waals surface area contributed by atoms with Crippen LogP contribution in [0.4, 0.5) is 0 Å². The lowest BCUT2D eigenvalue weighted by atomic mass is 9.90. The smallest absolute Gasteiger partial charge is 0.309 e.